The highest BCUT2D eigenvalue weighted by Gasteiger charge is 2.31. The fourth-order valence-electron chi connectivity index (χ4n) is 4.20. The summed E-state index contributed by atoms with van der Waals surface area (Å²) >= 11 is 0. The van der Waals surface area contributed by atoms with Crippen molar-refractivity contribution >= 4 is 22.8 Å². The van der Waals surface area contributed by atoms with Crippen molar-refractivity contribution in [3.63, 3.8) is 0 Å². The van der Waals surface area contributed by atoms with E-state index in [1.165, 1.54) is 0 Å². The van der Waals surface area contributed by atoms with Gasteiger partial charge in [-0.3, -0.25) is 4.98 Å². The number of carbonyl (C=O) groups excluding carboxylic acids is 1. The molecule has 1 aliphatic rings. The largest absolute Gasteiger partial charge is 0.324 e. The Morgan fingerprint density at radius 3 is 2.68 bits per heavy atom. The van der Waals surface area contributed by atoms with Crippen LogP contribution in [0, 0.1) is 13.8 Å². The predicted octanol–water partition coefficient (Wildman–Crippen LogP) is 4.65. The minimum absolute atomic E-state index is 0.0404. The Labute approximate surface area is 165 Å². The van der Waals surface area contributed by atoms with Gasteiger partial charge in [0.2, 0.25) is 0 Å². The van der Waals surface area contributed by atoms with Crippen LogP contribution in [0.1, 0.15) is 49.2 Å². The number of imidazole rings is 1. The maximum atomic E-state index is 12.8. The summed E-state index contributed by atoms with van der Waals surface area (Å²) in [6, 6.07) is 8.32. The third-order valence-electron chi connectivity index (χ3n) is 5.35. The molecule has 146 valence electrons. The number of nitrogens with one attached hydrogen (secondary N) is 1. The number of aromatic nitrogens is 3. The molecule has 6 nitrogen and oxygen atoms in total. The molecule has 6 heteroatoms. The molecule has 0 bridgehead atoms. The van der Waals surface area contributed by atoms with Crippen LogP contribution >= 0.6 is 0 Å². The van der Waals surface area contributed by atoms with E-state index in [4.69, 9.17) is 4.98 Å². The number of aryl methyl sites for hydroxylation is 2. The molecule has 1 N–H and O–H groups in total. The minimum atomic E-state index is -0.0404. The van der Waals surface area contributed by atoms with Gasteiger partial charge in [0.1, 0.15) is 5.82 Å². The van der Waals surface area contributed by atoms with E-state index in [0.29, 0.717) is 12.6 Å². The second-order valence-electron chi connectivity index (χ2n) is 8.04. The van der Waals surface area contributed by atoms with E-state index in [1.807, 2.05) is 43.1 Å². The first-order valence-electron chi connectivity index (χ1n) is 9.88. The molecule has 1 atom stereocenters. The number of urea groups is 1. The lowest BCUT2D eigenvalue weighted by atomic mass is 10.1. The highest BCUT2D eigenvalue weighted by molar-refractivity contribution is 5.89. The van der Waals surface area contributed by atoms with E-state index >= 15 is 0 Å². The standard InChI is InChI=1S/C22H27N5O/c1-14(2)27-20-12-23-7-5-19(20)25-21(27)17-6-8-26(13-17)22(28)24-18-10-15(3)9-16(4)11-18/h5,7,9-12,14,17H,6,8,13H2,1-4H3,(H,24,28)/t17-/m1/s1. The molecule has 0 aliphatic carbocycles. The van der Waals surface area contributed by atoms with Gasteiger partial charge in [0, 0.05) is 36.9 Å². The minimum Gasteiger partial charge on any atom is -0.324 e. The number of rotatable bonds is 3. The normalized spacial score (nSPS) is 16.9. The summed E-state index contributed by atoms with van der Waals surface area (Å²) in [4.78, 5) is 23.8. The van der Waals surface area contributed by atoms with E-state index < -0.39 is 0 Å². The second kappa shape index (κ2) is 7.26. The lowest BCUT2D eigenvalue weighted by Gasteiger charge is -2.19. The summed E-state index contributed by atoms with van der Waals surface area (Å²) in [5.74, 6) is 1.29. The first kappa shape index (κ1) is 18.5. The van der Waals surface area contributed by atoms with Gasteiger partial charge in [0.25, 0.3) is 0 Å². The van der Waals surface area contributed by atoms with Crippen molar-refractivity contribution in [1.29, 1.82) is 0 Å². The number of anilines is 1. The molecule has 3 aromatic rings. The van der Waals surface area contributed by atoms with Crippen LogP contribution in [-0.2, 0) is 0 Å². The lowest BCUT2D eigenvalue weighted by molar-refractivity contribution is 0.222. The Hall–Kier alpha value is -2.89. The van der Waals surface area contributed by atoms with Crippen LogP contribution in [0.2, 0.25) is 0 Å². The first-order valence-corrected chi connectivity index (χ1v) is 9.88. The average Bonchev–Trinajstić information content (AvgIpc) is 3.25. The van der Waals surface area contributed by atoms with Crippen LogP contribution < -0.4 is 5.32 Å². The van der Waals surface area contributed by atoms with Gasteiger partial charge in [-0.25, -0.2) is 9.78 Å². The van der Waals surface area contributed by atoms with Crippen LogP contribution in [-0.4, -0.2) is 38.6 Å². The smallest absolute Gasteiger partial charge is 0.321 e. The Morgan fingerprint density at radius 2 is 1.96 bits per heavy atom. The second-order valence-corrected chi connectivity index (χ2v) is 8.04. The highest BCUT2D eigenvalue weighted by atomic mass is 16.2. The van der Waals surface area contributed by atoms with Gasteiger partial charge >= 0.3 is 6.03 Å². The first-order chi connectivity index (χ1) is 13.4. The zero-order chi connectivity index (χ0) is 19.8. The Bertz CT molecular complexity index is 1000. The Balaban J connectivity index is 1.53. The fraction of sp³-hybridized carbons (Fsp3) is 0.409. The number of fused-ring (bicyclic) bond motifs is 1. The molecular formula is C22H27N5O. The number of nitrogens with zero attached hydrogens (tertiary/aromatic N) is 4. The van der Waals surface area contributed by atoms with Gasteiger partial charge < -0.3 is 14.8 Å². The number of amides is 2. The van der Waals surface area contributed by atoms with Gasteiger partial charge in [-0.2, -0.15) is 0 Å². The van der Waals surface area contributed by atoms with E-state index in [9.17, 15) is 4.79 Å². The van der Waals surface area contributed by atoms with Crippen molar-refractivity contribution in [3.8, 4) is 0 Å². The monoisotopic (exact) mass is 377 g/mol. The lowest BCUT2D eigenvalue weighted by Crippen LogP contribution is -2.33. The van der Waals surface area contributed by atoms with Gasteiger partial charge in [-0.15, -0.1) is 0 Å². The third kappa shape index (κ3) is 3.46. The average molecular weight is 377 g/mol. The van der Waals surface area contributed by atoms with Crippen LogP contribution in [0.3, 0.4) is 0 Å². The molecule has 4 rings (SSSR count). The van der Waals surface area contributed by atoms with E-state index in [2.05, 4.69) is 34.8 Å². The van der Waals surface area contributed by atoms with Crippen LogP contribution in [0.15, 0.2) is 36.7 Å². The molecular weight excluding hydrogens is 350 g/mol. The van der Waals surface area contributed by atoms with Crippen molar-refractivity contribution in [2.24, 2.45) is 0 Å². The molecule has 0 unspecified atom stereocenters. The predicted molar refractivity (Wildman–Crippen MR) is 112 cm³/mol. The molecule has 1 saturated heterocycles. The summed E-state index contributed by atoms with van der Waals surface area (Å²) in [5.41, 5.74) is 5.18. The number of likely N-dealkylation sites (tertiary alicyclic amines) is 1. The van der Waals surface area contributed by atoms with Gasteiger partial charge in [0.15, 0.2) is 0 Å². The summed E-state index contributed by atoms with van der Waals surface area (Å²) in [6.45, 7) is 9.83. The van der Waals surface area contributed by atoms with Gasteiger partial charge in [-0.05, 0) is 63.4 Å². The molecule has 3 heterocycles. The molecule has 1 aliphatic heterocycles. The topological polar surface area (TPSA) is 63.1 Å². The quantitative estimate of drug-likeness (QED) is 0.723. The molecule has 2 amide bonds. The van der Waals surface area contributed by atoms with Crippen LogP contribution in [0.4, 0.5) is 10.5 Å². The molecule has 1 fully saturated rings. The summed E-state index contributed by atoms with van der Waals surface area (Å²) in [6.07, 6.45) is 4.58. The summed E-state index contributed by atoms with van der Waals surface area (Å²) in [7, 11) is 0. The van der Waals surface area contributed by atoms with Crippen molar-refractivity contribution < 1.29 is 4.79 Å². The third-order valence-corrected chi connectivity index (χ3v) is 5.35. The van der Waals surface area contributed by atoms with Crippen LogP contribution in [0.5, 0.6) is 0 Å². The number of pyridine rings is 1. The maximum absolute atomic E-state index is 12.8. The highest BCUT2D eigenvalue weighted by Crippen LogP contribution is 2.31. The molecule has 0 spiro atoms. The molecule has 2 aromatic heterocycles. The molecule has 0 saturated carbocycles. The molecule has 28 heavy (non-hydrogen) atoms. The van der Waals surface area contributed by atoms with Crippen LogP contribution in [0.25, 0.3) is 11.0 Å². The van der Waals surface area contributed by atoms with Crippen molar-refractivity contribution in [2.45, 2.75) is 46.1 Å². The van der Waals surface area contributed by atoms with E-state index in [0.717, 1.165) is 46.6 Å². The molecule has 0 radical (unpaired) electrons. The number of hydrogen-bond donors (Lipinski definition) is 1. The fourth-order valence-corrected chi connectivity index (χ4v) is 4.20. The zero-order valence-electron chi connectivity index (χ0n) is 16.9. The van der Waals surface area contributed by atoms with Crippen molar-refractivity contribution in [2.75, 3.05) is 18.4 Å². The van der Waals surface area contributed by atoms with E-state index in [1.54, 1.807) is 6.20 Å². The van der Waals surface area contributed by atoms with Gasteiger partial charge in [-0.1, -0.05) is 6.07 Å². The van der Waals surface area contributed by atoms with Gasteiger partial charge in [0.05, 0.1) is 17.2 Å². The Kier molecular flexibility index (Phi) is 4.79. The number of benzene rings is 1. The number of carbonyl (C=O) groups is 1. The Morgan fingerprint density at radius 1 is 1.21 bits per heavy atom. The molecule has 1 aromatic carbocycles. The number of hydrogen-bond acceptors (Lipinski definition) is 3. The van der Waals surface area contributed by atoms with Crippen molar-refractivity contribution in [3.05, 3.63) is 53.6 Å². The maximum Gasteiger partial charge on any atom is 0.321 e. The van der Waals surface area contributed by atoms with E-state index in [-0.39, 0.29) is 11.9 Å². The van der Waals surface area contributed by atoms with Crippen molar-refractivity contribution in [1.82, 2.24) is 19.4 Å². The SMILES string of the molecule is Cc1cc(C)cc(NC(=O)N2CC[C@@H](c3nc4ccncc4n3C(C)C)C2)c1. The zero-order valence-corrected chi connectivity index (χ0v) is 16.9. The summed E-state index contributed by atoms with van der Waals surface area (Å²) in [5, 5.41) is 3.05. The summed E-state index contributed by atoms with van der Waals surface area (Å²) < 4.78 is 2.26.